The molecule has 0 aliphatic carbocycles. The topological polar surface area (TPSA) is 185 Å². The van der Waals surface area contributed by atoms with Crippen LogP contribution in [0.2, 0.25) is 0 Å². The maximum atomic E-state index is 10.7. The van der Waals surface area contributed by atoms with E-state index in [1.165, 1.54) is 29.4 Å². The average Bonchev–Trinajstić information content (AvgIpc) is 2.70. The number of amides is 6. The van der Waals surface area contributed by atoms with E-state index in [1.807, 2.05) is 0 Å². The van der Waals surface area contributed by atoms with Crippen molar-refractivity contribution in [3.63, 3.8) is 0 Å². The Morgan fingerprint density at radius 3 is 0.512 bits per heavy atom. The number of rotatable bonds is 0. The van der Waals surface area contributed by atoms with Crippen molar-refractivity contribution in [2.75, 3.05) is 84.6 Å². The van der Waals surface area contributed by atoms with Gasteiger partial charge in [-0.2, -0.15) is 26.3 Å². The molecule has 0 aliphatic heterocycles. The molecular weight excluding hydrogens is 811 g/mol. The maximum absolute atomic E-state index is 10.7. The van der Waals surface area contributed by atoms with E-state index in [0.717, 1.165) is 0 Å². The van der Waals surface area contributed by atoms with Crippen LogP contribution in [-0.2, 0) is 47.9 Å². The fourth-order valence-corrected chi connectivity index (χ4v) is 1.20. The summed E-state index contributed by atoms with van der Waals surface area (Å²) < 4.78 is 118. The molecule has 41 heavy (non-hydrogen) atoms. The Labute approximate surface area is 257 Å². The monoisotopic (exact) mass is 848 g/mol. The third-order valence-electron chi connectivity index (χ3n) is 2.86. The minimum absolute atomic E-state index is 0. The summed E-state index contributed by atoms with van der Waals surface area (Å²) in [4.78, 5) is 41.2. The molecule has 0 unspecified atom stereocenters. The van der Waals surface area contributed by atoms with Gasteiger partial charge in [0.15, 0.2) is 20.2 Å². The van der Waals surface area contributed by atoms with Gasteiger partial charge in [-0.05, 0) is 0 Å². The van der Waals surface area contributed by atoms with Crippen LogP contribution in [0.15, 0.2) is 0 Å². The molecule has 6 amide bonds. The number of hydrogen-bond acceptors (Lipinski definition) is 9. The van der Waals surface area contributed by atoms with Crippen molar-refractivity contribution in [1.29, 1.82) is 0 Å². The number of halogens is 6. The summed E-state index contributed by atoms with van der Waals surface area (Å²) in [6.45, 7) is 0. The van der Waals surface area contributed by atoms with Crippen molar-refractivity contribution in [1.82, 2.24) is 29.4 Å². The first kappa shape index (κ1) is 51.8. The summed E-state index contributed by atoms with van der Waals surface area (Å²) in [6, 6.07) is 0.0556. The van der Waals surface area contributed by atoms with Crippen LogP contribution in [0.3, 0.4) is 0 Å². The van der Waals surface area contributed by atoms with Crippen molar-refractivity contribution in [3.8, 4) is 0 Å². The molecule has 0 aromatic carbocycles. The van der Waals surface area contributed by atoms with Crippen molar-refractivity contribution >= 4 is 38.3 Å². The molecule has 244 valence electrons. The van der Waals surface area contributed by atoms with Gasteiger partial charge >= 0.3 is 56.8 Å². The molecule has 0 aromatic heterocycles. The van der Waals surface area contributed by atoms with Crippen LogP contribution in [0.25, 0.3) is 0 Å². The Bertz CT molecular complexity index is 845. The summed E-state index contributed by atoms with van der Waals surface area (Å²) in [5, 5.41) is 0. The predicted molar refractivity (Wildman–Crippen MR) is 130 cm³/mol. The van der Waals surface area contributed by atoms with Crippen LogP contribution < -0.4 is 0 Å². The second-order valence-corrected chi connectivity index (χ2v) is 10.8. The van der Waals surface area contributed by atoms with Gasteiger partial charge in [-0.25, -0.2) is 31.2 Å². The zero-order valence-electron chi connectivity index (χ0n) is 24.6. The minimum Gasteiger partial charge on any atom is -0.741 e. The number of alkyl halides is 6. The van der Waals surface area contributed by atoms with Crippen molar-refractivity contribution < 1.29 is 94.3 Å². The normalized spacial score (nSPS) is 10.4. The second kappa shape index (κ2) is 21.8. The summed E-state index contributed by atoms with van der Waals surface area (Å²) in [5.74, 6) is 0. The Hall–Kier alpha value is -1.85. The molecular formula is C17H36F6HgN6O9S2. The fourth-order valence-electron chi connectivity index (χ4n) is 1.20. The Morgan fingerprint density at radius 1 is 0.439 bits per heavy atom. The molecule has 0 saturated heterocycles. The van der Waals surface area contributed by atoms with Crippen LogP contribution in [0, 0.1) is 0 Å². The molecule has 0 aliphatic rings. The van der Waals surface area contributed by atoms with Gasteiger partial charge in [0.05, 0.1) is 0 Å². The Balaban J connectivity index is -0.0000000928. The van der Waals surface area contributed by atoms with Crippen molar-refractivity contribution in [3.05, 3.63) is 0 Å². The van der Waals surface area contributed by atoms with Gasteiger partial charge in [-0.3, -0.25) is 0 Å². The second-order valence-electron chi connectivity index (χ2n) is 8.01. The van der Waals surface area contributed by atoms with E-state index in [1.54, 1.807) is 84.6 Å². The van der Waals surface area contributed by atoms with Crippen LogP contribution in [-0.4, -0.2) is 169 Å². The van der Waals surface area contributed by atoms with Crippen molar-refractivity contribution in [2.24, 2.45) is 0 Å². The number of hydrogen-bond donors (Lipinski definition) is 0. The molecule has 0 fully saturated rings. The Morgan fingerprint density at radius 2 is 0.512 bits per heavy atom. The number of carbonyl (C=O) groups is 3. The first-order valence-electron chi connectivity index (χ1n) is 9.86. The molecule has 0 saturated carbocycles. The van der Waals surface area contributed by atoms with Gasteiger partial charge in [-0.1, -0.05) is 0 Å². The average molecular weight is 847 g/mol. The van der Waals surface area contributed by atoms with Crippen LogP contribution in [0.4, 0.5) is 40.7 Å². The van der Waals surface area contributed by atoms with E-state index in [2.05, 4.69) is 0 Å². The van der Waals surface area contributed by atoms with Gasteiger partial charge in [0, 0.05) is 84.6 Å². The first-order valence-corrected chi connectivity index (χ1v) is 12.7. The molecule has 15 nitrogen and oxygen atoms in total. The number of carbonyl (C=O) groups excluding carboxylic acids is 3. The van der Waals surface area contributed by atoms with Crippen molar-refractivity contribution in [2.45, 2.75) is 11.0 Å². The predicted octanol–water partition coefficient (Wildman–Crippen LogP) is 0.789. The van der Waals surface area contributed by atoms with Gasteiger partial charge in [-0.15, -0.1) is 0 Å². The van der Waals surface area contributed by atoms with E-state index in [-0.39, 0.29) is 45.8 Å². The zero-order chi connectivity index (χ0) is 34.2. The largest absolute Gasteiger partial charge is 2.00 e. The molecule has 0 radical (unpaired) electrons. The summed E-state index contributed by atoms with van der Waals surface area (Å²) in [7, 11) is 8.51. The van der Waals surface area contributed by atoms with Crippen LogP contribution >= 0.6 is 0 Å². The van der Waals surface area contributed by atoms with E-state index < -0.39 is 31.3 Å². The zero-order valence-corrected chi connectivity index (χ0v) is 31.8. The summed E-state index contributed by atoms with van der Waals surface area (Å²) in [5.41, 5.74) is -11.3. The SMILES string of the molecule is CN(C)C(=O)N(C)C.CN(C)C(=O)N(C)C.CN(C)C(=O)N(C)C.O=S(=O)([O-])C(F)(F)F.O=S(=O)([O-])C(F)(F)F.[Hg+2]. The first-order chi connectivity index (χ1) is 17.2. The van der Waals surface area contributed by atoms with E-state index in [4.69, 9.17) is 25.9 Å². The molecule has 24 heteroatoms. The standard InChI is InChI=1S/3C5H12N2O.2CHF3O3S.Hg/c3*1-6(2)5(8)7(3)4;2*2-1(3,4)8(5,6)7;/h3*1-4H3;2*(H,5,6,7);/q;;;;;+2/p-2. The molecule has 0 spiro atoms. The van der Waals surface area contributed by atoms with Crippen LogP contribution in [0.5, 0.6) is 0 Å². The molecule has 0 atom stereocenters. The summed E-state index contributed by atoms with van der Waals surface area (Å²) in [6.07, 6.45) is 0. The van der Waals surface area contributed by atoms with Gasteiger partial charge in [0.1, 0.15) is 0 Å². The molecule has 0 aromatic rings. The van der Waals surface area contributed by atoms with E-state index >= 15 is 0 Å². The quantitative estimate of drug-likeness (QED) is 0.147. The molecule has 0 rings (SSSR count). The maximum Gasteiger partial charge on any atom is 2.00 e. The van der Waals surface area contributed by atoms with Gasteiger partial charge in [0.25, 0.3) is 0 Å². The van der Waals surface area contributed by atoms with Gasteiger partial charge in [0.2, 0.25) is 0 Å². The Kier molecular flexibility index (Phi) is 27.6. The third kappa shape index (κ3) is 30.9. The number of nitrogens with zero attached hydrogens (tertiary/aromatic N) is 6. The molecule has 0 bridgehead atoms. The minimum atomic E-state index is -6.09. The van der Waals surface area contributed by atoms with E-state index in [0.29, 0.717) is 0 Å². The third-order valence-corrected chi connectivity index (χ3v) is 4.00. The van der Waals surface area contributed by atoms with E-state index in [9.17, 15) is 40.7 Å². The molecule has 0 heterocycles. The van der Waals surface area contributed by atoms with Gasteiger partial charge < -0.3 is 38.5 Å². The smallest absolute Gasteiger partial charge is 0.741 e. The summed E-state index contributed by atoms with van der Waals surface area (Å²) >= 11 is 0. The molecule has 0 N–H and O–H groups in total. The van der Waals surface area contributed by atoms with Crippen LogP contribution in [0.1, 0.15) is 0 Å². The fraction of sp³-hybridized carbons (Fsp3) is 0.824. The number of urea groups is 3.